The van der Waals surface area contributed by atoms with Crippen molar-refractivity contribution in [1.82, 2.24) is 15.4 Å². The van der Waals surface area contributed by atoms with E-state index in [1.807, 2.05) is 0 Å². The van der Waals surface area contributed by atoms with Crippen LogP contribution in [-0.4, -0.2) is 27.6 Å². The van der Waals surface area contributed by atoms with Gasteiger partial charge < -0.3 is 4.98 Å². The number of hydrogen-bond donors (Lipinski definition) is 2. The number of H-pyrrole nitrogens is 1. The molecule has 4 rings (SSSR count). The first-order valence-corrected chi connectivity index (χ1v) is 10.8. The predicted molar refractivity (Wildman–Crippen MR) is 115 cm³/mol. The highest BCUT2D eigenvalue weighted by atomic mass is 35.5. The van der Waals surface area contributed by atoms with Crippen LogP contribution in [0.2, 0.25) is 5.02 Å². The van der Waals surface area contributed by atoms with Crippen LogP contribution >= 0.6 is 23.4 Å². The van der Waals surface area contributed by atoms with Crippen molar-refractivity contribution in [3.63, 3.8) is 0 Å². The minimum atomic E-state index is -4.67. The van der Waals surface area contributed by atoms with Gasteiger partial charge >= 0.3 is 6.18 Å². The Balaban J connectivity index is 1.68. The van der Waals surface area contributed by atoms with E-state index in [0.717, 1.165) is 28.9 Å². The van der Waals surface area contributed by atoms with E-state index in [0.29, 0.717) is 10.8 Å². The van der Waals surface area contributed by atoms with Crippen molar-refractivity contribution in [2.75, 3.05) is 5.75 Å². The summed E-state index contributed by atoms with van der Waals surface area (Å²) in [5.41, 5.74) is 0.463. The molecule has 1 fully saturated rings. The highest BCUT2D eigenvalue weighted by Gasteiger charge is 2.34. The van der Waals surface area contributed by atoms with Gasteiger partial charge in [-0.25, -0.2) is 5.01 Å². The normalized spacial score (nSPS) is 16.9. The number of aromatic amines is 1. The van der Waals surface area contributed by atoms with Crippen LogP contribution < -0.4 is 10.9 Å². The van der Waals surface area contributed by atoms with Gasteiger partial charge in [-0.3, -0.25) is 19.8 Å². The van der Waals surface area contributed by atoms with Gasteiger partial charge in [0, 0.05) is 28.8 Å². The summed E-state index contributed by atoms with van der Waals surface area (Å²) in [6, 6.07) is 9.91. The maximum atomic E-state index is 13.2. The Morgan fingerprint density at radius 3 is 2.56 bits per heavy atom. The zero-order chi connectivity index (χ0) is 23.0. The first-order chi connectivity index (χ1) is 15.2. The molecule has 0 radical (unpaired) electrons. The number of fused-ring (bicyclic) bond motifs is 1. The number of thioether (sulfide) groups is 1. The molecule has 0 bridgehead atoms. The van der Waals surface area contributed by atoms with Gasteiger partial charge in [-0.05, 0) is 29.8 Å². The van der Waals surface area contributed by atoms with E-state index in [1.54, 1.807) is 24.3 Å². The third-order valence-electron chi connectivity index (χ3n) is 4.94. The molecule has 1 unspecified atom stereocenters. The second-order valence-electron chi connectivity index (χ2n) is 6.99. The maximum Gasteiger partial charge on any atom is 0.418 e. The number of aromatic nitrogens is 1. The summed E-state index contributed by atoms with van der Waals surface area (Å²) in [7, 11) is 0. The molecule has 2 heterocycles. The number of nitrogens with zero attached hydrogens (tertiary/aromatic N) is 1. The van der Waals surface area contributed by atoms with Crippen LogP contribution in [0.5, 0.6) is 0 Å². The third kappa shape index (κ3) is 4.20. The Labute approximate surface area is 188 Å². The molecule has 0 spiro atoms. The molecule has 2 aromatic carbocycles. The van der Waals surface area contributed by atoms with Gasteiger partial charge in [-0.2, -0.15) is 13.2 Å². The predicted octanol–water partition coefficient (Wildman–Crippen LogP) is 4.51. The van der Waals surface area contributed by atoms with Crippen molar-refractivity contribution in [3.8, 4) is 0 Å². The van der Waals surface area contributed by atoms with E-state index in [-0.39, 0.29) is 17.7 Å². The van der Waals surface area contributed by atoms with Crippen LogP contribution in [0.25, 0.3) is 10.9 Å². The maximum absolute atomic E-state index is 13.2. The average Bonchev–Trinajstić information content (AvgIpc) is 2.75. The van der Waals surface area contributed by atoms with Gasteiger partial charge in [0.05, 0.1) is 11.1 Å². The molecule has 0 saturated carbocycles. The number of hydrazine groups is 1. The summed E-state index contributed by atoms with van der Waals surface area (Å²) in [5.74, 6) is -0.719. The number of alkyl halides is 3. The lowest BCUT2D eigenvalue weighted by atomic mass is 10.1. The molecule has 6 nitrogen and oxygen atoms in total. The minimum absolute atomic E-state index is 0.179. The number of halogens is 4. The Hall–Kier alpha value is -2.98. The Bertz CT molecular complexity index is 1260. The fraction of sp³-hybridized carbons (Fsp3) is 0.190. The molecular weight excluding hydrogens is 467 g/mol. The summed E-state index contributed by atoms with van der Waals surface area (Å²) >= 11 is 7.34. The zero-order valence-electron chi connectivity index (χ0n) is 16.2. The number of rotatable bonds is 3. The van der Waals surface area contributed by atoms with Gasteiger partial charge in [0.2, 0.25) is 11.3 Å². The zero-order valence-corrected chi connectivity index (χ0v) is 17.8. The van der Waals surface area contributed by atoms with E-state index >= 15 is 0 Å². The van der Waals surface area contributed by atoms with Crippen molar-refractivity contribution in [3.05, 3.63) is 80.6 Å². The highest BCUT2D eigenvalue weighted by molar-refractivity contribution is 7.99. The molecule has 32 heavy (non-hydrogen) atoms. The number of pyridine rings is 1. The van der Waals surface area contributed by atoms with Crippen LogP contribution in [-0.2, 0) is 11.0 Å². The molecule has 2 amide bonds. The Morgan fingerprint density at radius 2 is 1.88 bits per heavy atom. The smallest absolute Gasteiger partial charge is 0.360 e. The van der Waals surface area contributed by atoms with E-state index in [4.69, 9.17) is 11.6 Å². The van der Waals surface area contributed by atoms with E-state index < -0.39 is 39.5 Å². The number of amides is 2. The summed E-state index contributed by atoms with van der Waals surface area (Å²) in [6.07, 6.45) is -3.57. The molecule has 11 heteroatoms. The fourth-order valence-electron chi connectivity index (χ4n) is 3.40. The number of carbonyl (C=O) groups is 2. The molecule has 3 aromatic rings. The van der Waals surface area contributed by atoms with Crippen molar-refractivity contribution >= 4 is 46.1 Å². The Morgan fingerprint density at radius 1 is 1.16 bits per heavy atom. The lowest BCUT2D eigenvalue weighted by Gasteiger charge is -2.35. The standard InChI is InChI=1S/C21H15ClF3N3O3S/c22-12-6-4-11(5-7-12)20-28(16(29)8-9-32-20)27-19(31)14-10-26-17-13(18(14)30)2-1-3-15(17)21(23,24)25/h1-7,10,20H,8-9H2,(H,26,30)(H,27,31). The summed E-state index contributed by atoms with van der Waals surface area (Å²) in [6.45, 7) is 0. The van der Waals surface area contributed by atoms with E-state index in [1.165, 1.54) is 17.8 Å². The van der Waals surface area contributed by atoms with Crippen molar-refractivity contribution in [1.29, 1.82) is 0 Å². The van der Waals surface area contributed by atoms with Crippen LogP contribution in [0.3, 0.4) is 0 Å². The van der Waals surface area contributed by atoms with Gasteiger partial charge in [-0.15, -0.1) is 11.8 Å². The first kappa shape index (κ1) is 22.2. The molecule has 0 aliphatic carbocycles. The van der Waals surface area contributed by atoms with E-state index in [2.05, 4.69) is 10.4 Å². The van der Waals surface area contributed by atoms with Gasteiger partial charge in [0.15, 0.2) is 0 Å². The molecule has 1 atom stereocenters. The highest BCUT2D eigenvalue weighted by Crippen LogP contribution is 2.37. The van der Waals surface area contributed by atoms with Gasteiger partial charge in [0.1, 0.15) is 10.9 Å². The number of benzene rings is 2. The second kappa shape index (κ2) is 8.51. The van der Waals surface area contributed by atoms with Crippen LogP contribution in [0.4, 0.5) is 13.2 Å². The summed E-state index contributed by atoms with van der Waals surface area (Å²) in [5, 5.41) is 0.822. The molecular formula is C21H15ClF3N3O3S. The molecule has 1 saturated heterocycles. The number of nitrogens with one attached hydrogen (secondary N) is 2. The molecule has 2 N–H and O–H groups in total. The topological polar surface area (TPSA) is 82.3 Å². The van der Waals surface area contributed by atoms with E-state index in [9.17, 15) is 27.6 Å². The molecule has 1 aromatic heterocycles. The minimum Gasteiger partial charge on any atom is -0.360 e. The largest absolute Gasteiger partial charge is 0.418 e. The quantitative estimate of drug-likeness (QED) is 0.576. The third-order valence-corrected chi connectivity index (χ3v) is 6.43. The van der Waals surface area contributed by atoms with Crippen molar-refractivity contribution in [2.45, 2.75) is 18.0 Å². The van der Waals surface area contributed by atoms with Crippen LogP contribution in [0.15, 0.2) is 53.5 Å². The lowest BCUT2D eigenvalue weighted by molar-refractivity contribution is -0.136. The molecule has 1 aliphatic rings. The van der Waals surface area contributed by atoms with Crippen LogP contribution in [0, 0.1) is 0 Å². The van der Waals surface area contributed by atoms with Crippen molar-refractivity contribution in [2.24, 2.45) is 0 Å². The van der Waals surface area contributed by atoms with Crippen molar-refractivity contribution < 1.29 is 22.8 Å². The van der Waals surface area contributed by atoms with Gasteiger partial charge in [0.25, 0.3) is 5.91 Å². The monoisotopic (exact) mass is 481 g/mol. The number of para-hydroxylation sites is 1. The van der Waals surface area contributed by atoms with Crippen LogP contribution in [0.1, 0.15) is 33.3 Å². The number of carbonyl (C=O) groups excluding carboxylic acids is 2. The fourth-order valence-corrected chi connectivity index (χ4v) is 4.71. The molecule has 1 aliphatic heterocycles. The second-order valence-corrected chi connectivity index (χ2v) is 8.61. The summed E-state index contributed by atoms with van der Waals surface area (Å²) < 4.78 is 39.7. The molecule has 166 valence electrons. The number of hydrogen-bond acceptors (Lipinski definition) is 4. The average molecular weight is 482 g/mol. The van der Waals surface area contributed by atoms with Gasteiger partial charge in [-0.1, -0.05) is 29.8 Å². The first-order valence-electron chi connectivity index (χ1n) is 9.38. The Kier molecular flexibility index (Phi) is 5.91. The SMILES string of the molecule is O=C(NN1C(=O)CCSC1c1ccc(Cl)cc1)c1c[nH]c2c(C(F)(F)F)cccc2c1=O. The lowest BCUT2D eigenvalue weighted by Crippen LogP contribution is -2.50. The summed E-state index contributed by atoms with van der Waals surface area (Å²) in [4.78, 5) is 40.6.